The average Bonchev–Trinajstić information content (AvgIpc) is 3.20. The second-order valence-electron chi connectivity index (χ2n) is 5.24. The molecular formula is C13H19N7S. The molecule has 0 unspecified atom stereocenters. The summed E-state index contributed by atoms with van der Waals surface area (Å²) < 4.78 is 0. The molecule has 0 atom stereocenters. The molecule has 2 heterocycles. The molecule has 0 amide bonds. The molecule has 1 aliphatic rings. The first-order chi connectivity index (χ1) is 10.2. The minimum Gasteiger partial charge on any atom is -0.347 e. The van der Waals surface area contributed by atoms with Gasteiger partial charge in [0.05, 0.1) is 6.54 Å². The number of aromatic nitrogens is 3. The fourth-order valence-electron chi connectivity index (χ4n) is 2.07. The molecule has 0 saturated heterocycles. The highest BCUT2D eigenvalue weighted by Gasteiger charge is 2.32. The predicted octanol–water partition coefficient (Wildman–Crippen LogP) is 1.45. The van der Waals surface area contributed by atoms with E-state index >= 15 is 0 Å². The van der Waals surface area contributed by atoms with Crippen molar-refractivity contribution in [2.24, 2.45) is 5.84 Å². The Balaban J connectivity index is 1.92. The van der Waals surface area contributed by atoms with Crippen LogP contribution in [0.4, 0.5) is 17.8 Å². The van der Waals surface area contributed by atoms with Gasteiger partial charge in [-0.1, -0.05) is 6.07 Å². The highest BCUT2D eigenvalue weighted by Crippen LogP contribution is 2.32. The molecule has 3 N–H and O–H groups in total. The number of hydrogen-bond acceptors (Lipinski definition) is 8. The molecule has 2 aromatic rings. The molecule has 112 valence electrons. The summed E-state index contributed by atoms with van der Waals surface area (Å²) in [5.74, 6) is 7.15. The summed E-state index contributed by atoms with van der Waals surface area (Å²) >= 11 is 1.75. The molecule has 2 aromatic heterocycles. The quantitative estimate of drug-likeness (QED) is 0.617. The van der Waals surface area contributed by atoms with Gasteiger partial charge >= 0.3 is 0 Å². The number of hydrazine groups is 1. The minimum atomic E-state index is 0.389. The van der Waals surface area contributed by atoms with E-state index in [0.29, 0.717) is 23.9 Å². The highest BCUT2D eigenvalue weighted by atomic mass is 32.1. The molecule has 0 aliphatic heterocycles. The molecule has 0 radical (unpaired) electrons. The second-order valence-corrected chi connectivity index (χ2v) is 6.27. The Bertz CT molecular complexity index is 595. The van der Waals surface area contributed by atoms with E-state index in [1.54, 1.807) is 11.3 Å². The van der Waals surface area contributed by atoms with Gasteiger partial charge in [-0.25, -0.2) is 5.84 Å². The Morgan fingerprint density at radius 1 is 1.29 bits per heavy atom. The molecule has 7 nitrogen and oxygen atoms in total. The number of thiophene rings is 1. The number of hydrogen-bond donors (Lipinski definition) is 2. The summed E-state index contributed by atoms with van der Waals surface area (Å²) in [7, 11) is 3.81. The Morgan fingerprint density at radius 2 is 2.05 bits per heavy atom. The van der Waals surface area contributed by atoms with Gasteiger partial charge in [0.1, 0.15) is 0 Å². The summed E-state index contributed by atoms with van der Waals surface area (Å²) in [6.07, 6.45) is 2.36. The van der Waals surface area contributed by atoms with Crippen molar-refractivity contribution in [2.45, 2.75) is 25.4 Å². The number of nitrogens with two attached hydrogens (primary N) is 1. The summed E-state index contributed by atoms with van der Waals surface area (Å²) in [4.78, 5) is 18.6. The van der Waals surface area contributed by atoms with Crippen LogP contribution in [0.1, 0.15) is 17.7 Å². The van der Waals surface area contributed by atoms with Gasteiger partial charge < -0.3 is 9.80 Å². The maximum Gasteiger partial charge on any atom is 0.243 e. The van der Waals surface area contributed by atoms with Crippen molar-refractivity contribution >= 4 is 29.2 Å². The third-order valence-corrected chi connectivity index (χ3v) is 4.15. The first-order valence-corrected chi connectivity index (χ1v) is 7.74. The fourth-order valence-corrected chi connectivity index (χ4v) is 2.77. The summed E-state index contributed by atoms with van der Waals surface area (Å²) in [5.41, 5.74) is 2.52. The zero-order chi connectivity index (χ0) is 14.8. The van der Waals surface area contributed by atoms with Gasteiger partial charge in [0.25, 0.3) is 0 Å². The van der Waals surface area contributed by atoms with Crippen LogP contribution in [0.15, 0.2) is 17.5 Å². The number of rotatable bonds is 6. The standard InChI is InChI=1S/C13H19N7S/c1-19(2)12-15-11(18-14)16-13(17-12)20(9-5-6-9)8-10-4-3-7-21-10/h3-4,7,9H,5-6,8,14H2,1-2H3,(H,15,16,17,18). The van der Waals surface area contributed by atoms with Crippen LogP contribution in [0, 0.1) is 0 Å². The van der Waals surface area contributed by atoms with E-state index in [1.807, 2.05) is 19.0 Å². The van der Waals surface area contributed by atoms with Crippen molar-refractivity contribution in [3.05, 3.63) is 22.4 Å². The van der Waals surface area contributed by atoms with Gasteiger partial charge in [-0.15, -0.1) is 11.3 Å². The van der Waals surface area contributed by atoms with Crippen molar-refractivity contribution in [3.8, 4) is 0 Å². The zero-order valence-electron chi connectivity index (χ0n) is 12.2. The van der Waals surface area contributed by atoms with Crippen LogP contribution in [0.3, 0.4) is 0 Å². The second kappa shape index (κ2) is 5.82. The van der Waals surface area contributed by atoms with E-state index in [2.05, 4.69) is 42.8 Å². The molecule has 0 aromatic carbocycles. The number of nitrogens with zero attached hydrogens (tertiary/aromatic N) is 5. The molecule has 3 rings (SSSR count). The van der Waals surface area contributed by atoms with E-state index in [4.69, 9.17) is 5.84 Å². The third-order valence-electron chi connectivity index (χ3n) is 3.29. The normalized spacial score (nSPS) is 14.0. The lowest BCUT2D eigenvalue weighted by molar-refractivity contribution is 0.757. The Labute approximate surface area is 127 Å². The third kappa shape index (κ3) is 3.22. The van der Waals surface area contributed by atoms with Crippen LogP contribution in [0.2, 0.25) is 0 Å². The molecule has 0 bridgehead atoms. The molecule has 1 fully saturated rings. The van der Waals surface area contributed by atoms with Crippen molar-refractivity contribution < 1.29 is 0 Å². The Hall–Kier alpha value is -1.93. The Morgan fingerprint density at radius 3 is 2.62 bits per heavy atom. The molecular weight excluding hydrogens is 286 g/mol. The number of nitrogens with one attached hydrogen (secondary N) is 1. The van der Waals surface area contributed by atoms with Crippen LogP contribution < -0.4 is 21.1 Å². The zero-order valence-corrected chi connectivity index (χ0v) is 13.0. The molecule has 0 spiro atoms. The van der Waals surface area contributed by atoms with Crippen molar-refractivity contribution in [3.63, 3.8) is 0 Å². The summed E-state index contributed by atoms with van der Waals surface area (Å²) in [6, 6.07) is 4.71. The van der Waals surface area contributed by atoms with Gasteiger partial charge in [-0.05, 0) is 24.3 Å². The van der Waals surface area contributed by atoms with Crippen LogP contribution in [-0.4, -0.2) is 35.1 Å². The lowest BCUT2D eigenvalue weighted by atomic mass is 10.4. The van der Waals surface area contributed by atoms with E-state index in [1.165, 1.54) is 17.7 Å². The van der Waals surface area contributed by atoms with Gasteiger partial charge in [0, 0.05) is 25.0 Å². The van der Waals surface area contributed by atoms with Crippen molar-refractivity contribution in [1.29, 1.82) is 0 Å². The maximum absolute atomic E-state index is 5.48. The monoisotopic (exact) mass is 305 g/mol. The lowest BCUT2D eigenvalue weighted by Crippen LogP contribution is -2.28. The first-order valence-electron chi connectivity index (χ1n) is 6.86. The van der Waals surface area contributed by atoms with Crippen LogP contribution in [-0.2, 0) is 6.54 Å². The largest absolute Gasteiger partial charge is 0.347 e. The SMILES string of the molecule is CN(C)c1nc(NN)nc(N(Cc2cccs2)C2CC2)n1. The maximum atomic E-state index is 5.48. The smallest absolute Gasteiger partial charge is 0.243 e. The lowest BCUT2D eigenvalue weighted by Gasteiger charge is -2.23. The molecule has 1 aliphatic carbocycles. The average molecular weight is 305 g/mol. The topological polar surface area (TPSA) is 83.2 Å². The van der Waals surface area contributed by atoms with Crippen molar-refractivity contribution in [2.75, 3.05) is 29.3 Å². The predicted molar refractivity (Wildman–Crippen MR) is 85.5 cm³/mol. The number of nitrogen functional groups attached to an aromatic ring is 1. The van der Waals surface area contributed by atoms with E-state index in [0.717, 1.165) is 6.54 Å². The fraction of sp³-hybridized carbons (Fsp3) is 0.462. The molecule has 21 heavy (non-hydrogen) atoms. The molecule has 1 saturated carbocycles. The van der Waals surface area contributed by atoms with Crippen molar-refractivity contribution in [1.82, 2.24) is 15.0 Å². The van der Waals surface area contributed by atoms with Crippen LogP contribution in [0.25, 0.3) is 0 Å². The van der Waals surface area contributed by atoms with Gasteiger partial charge in [0.15, 0.2) is 0 Å². The summed E-state index contributed by atoms with van der Waals surface area (Å²) in [5, 5.41) is 2.09. The molecule has 8 heteroatoms. The van der Waals surface area contributed by atoms with Crippen LogP contribution in [0.5, 0.6) is 0 Å². The van der Waals surface area contributed by atoms with E-state index < -0.39 is 0 Å². The van der Waals surface area contributed by atoms with Gasteiger partial charge in [-0.3, -0.25) is 5.43 Å². The first kappa shape index (κ1) is 14.0. The van der Waals surface area contributed by atoms with Crippen LogP contribution >= 0.6 is 11.3 Å². The van der Waals surface area contributed by atoms with E-state index in [-0.39, 0.29) is 0 Å². The Kier molecular flexibility index (Phi) is 3.89. The van der Waals surface area contributed by atoms with Gasteiger partial charge in [0.2, 0.25) is 17.8 Å². The summed E-state index contributed by atoms with van der Waals surface area (Å²) in [6.45, 7) is 0.823. The highest BCUT2D eigenvalue weighted by molar-refractivity contribution is 7.09. The minimum absolute atomic E-state index is 0.389. The number of anilines is 3. The van der Waals surface area contributed by atoms with Gasteiger partial charge in [-0.2, -0.15) is 15.0 Å². The van der Waals surface area contributed by atoms with E-state index in [9.17, 15) is 0 Å².